The van der Waals surface area contributed by atoms with E-state index in [2.05, 4.69) is 0 Å². The minimum Gasteiger partial charge on any atom is -0.497 e. The summed E-state index contributed by atoms with van der Waals surface area (Å²) in [5, 5.41) is 10.9. The number of carbonyl (C=O) groups excluding carboxylic acids is 2. The van der Waals surface area contributed by atoms with E-state index in [0.29, 0.717) is 22.9 Å². The number of nitrogens with zero attached hydrogens (tertiary/aromatic N) is 2. The van der Waals surface area contributed by atoms with Gasteiger partial charge >= 0.3 is 0 Å². The van der Waals surface area contributed by atoms with Crippen LogP contribution in [0.15, 0.2) is 53.3 Å². The Bertz CT molecular complexity index is 1290. The fourth-order valence-corrected chi connectivity index (χ4v) is 3.49. The summed E-state index contributed by atoms with van der Waals surface area (Å²) in [4.78, 5) is 37.5. The SMILES string of the molecule is COc1cccc(-n2c(O)c(C(=O)CC(C)=O)c(=O)n(-c3cccc(OC)c3)c2=S)c1. The molecule has 8 nitrogen and oxygen atoms in total. The van der Waals surface area contributed by atoms with Crippen LogP contribution in [-0.4, -0.2) is 40.0 Å². The summed E-state index contributed by atoms with van der Waals surface area (Å²) in [5.41, 5.74) is -0.658. The summed E-state index contributed by atoms with van der Waals surface area (Å²) in [7, 11) is 2.96. The predicted octanol–water partition coefficient (Wildman–Crippen LogP) is 3.24. The Hall–Kier alpha value is -3.72. The molecule has 0 fully saturated rings. The summed E-state index contributed by atoms with van der Waals surface area (Å²) in [6, 6.07) is 13.1. The van der Waals surface area contributed by atoms with Gasteiger partial charge in [-0.15, -0.1) is 0 Å². The van der Waals surface area contributed by atoms with Crippen molar-refractivity contribution in [2.45, 2.75) is 13.3 Å². The molecule has 0 bridgehead atoms. The number of Topliss-reactive ketones (excluding diaryl/α,β-unsaturated/α-hetero) is 2. The molecule has 0 amide bonds. The van der Waals surface area contributed by atoms with E-state index in [1.807, 2.05) is 0 Å². The number of rotatable bonds is 7. The maximum atomic E-state index is 13.3. The van der Waals surface area contributed by atoms with Crippen LogP contribution in [0.1, 0.15) is 23.7 Å². The second-order valence-corrected chi connectivity index (χ2v) is 7.03. The van der Waals surface area contributed by atoms with E-state index in [1.54, 1.807) is 48.5 Å². The second kappa shape index (κ2) is 8.97. The van der Waals surface area contributed by atoms with Gasteiger partial charge in [0.15, 0.2) is 10.6 Å². The number of benzene rings is 2. The third-order valence-electron chi connectivity index (χ3n) is 4.55. The van der Waals surface area contributed by atoms with E-state index in [0.717, 1.165) is 4.57 Å². The molecule has 31 heavy (non-hydrogen) atoms. The molecule has 3 rings (SSSR count). The summed E-state index contributed by atoms with van der Waals surface area (Å²) in [5.74, 6) is -0.940. The van der Waals surface area contributed by atoms with Crippen molar-refractivity contribution in [3.8, 4) is 28.8 Å². The monoisotopic (exact) mass is 440 g/mol. The van der Waals surface area contributed by atoms with Gasteiger partial charge in [-0.25, -0.2) is 0 Å². The Morgan fingerprint density at radius 3 is 1.97 bits per heavy atom. The number of carbonyl (C=O) groups is 2. The van der Waals surface area contributed by atoms with Gasteiger partial charge in [0, 0.05) is 12.1 Å². The van der Waals surface area contributed by atoms with Crippen LogP contribution in [0.5, 0.6) is 17.4 Å². The van der Waals surface area contributed by atoms with Crippen LogP contribution in [0.3, 0.4) is 0 Å². The average molecular weight is 440 g/mol. The van der Waals surface area contributed by atoms with Gasteiger partial charge in [0.1, 0.15) is 22.8 Å². The standard InChI is InChI=1S/C22H20N2O6S/c1-13(25)10-18(26)19-20(27)23(14-6-4-8-16(11-14)29-2)22(31)24(21(19)28)15-7-5-9-17(12-15)30-3/h4-9,11-12,27H,10H2,1-3H3. The lowest BCUT2D eigenvalue weighted by Crippen LogP contribution is -2.30. The van der Waals surface area contributed by atoms with Crippen LogP contribution in [0.4, 0.5) is 0 Å². The molecular weight excluding hydrogens is 420 g/mol. The topological polar surface area (TPSA) is 99.8 Å². The largest absolute Gasteiger partial charge is 0.497 e. The summed E-state index contributed by atoms with van der Waals surface area (Å²) in [6.07, 6.45) is -0.532. The molecule has 0 saturated heterocycles. The maximum Gasteiger partial charge on any atom is 0.273 e. The zero-order valence-corrected chi connectivity index (χ0v) is 17.9. The van der Waals surface area contributed by atoms with Crippen molar-refractivity contribution in [3.05, 3.63) is 69.2 Å². The van der Waals surface area contributed by atoms with Crippen molar-refractivity contribution in [2.24, 2.45) is 0 Å². The minimum absolute atomic E-state index is 0.0802. The molecular formula is C22H20N2O6S. The van der Waals surface area contributed by atoms with Gasteiger partial charge < -0.3 is 14.6 Å². The molecule has 0 atom stereocenters. The highest BCUT2D eigenvalue weighted by molar-refractivity contribution is 7.71. The predicted molar refractivity (Wildman–Crippen MR) is 117 cm³/mol. The molecule has 2 aromatic carbocycles. The van der Waals surface area contributed by atoms with E-state index >= 15 is 0 Å². The van der Waals surface area contributed by atoms with Crippen molar-refractivity contribution in [1.82, 2.24) is 9.13 Å². The van der Waals surface area contributed by atoms with E-state index in [4.69, 9.17) is 21.7 Å². The van der Waals surface area contributed by atoms with Crippen LogP contribution in [0.2, 0.25) is 0 Å². The van der Waals surface area contributed by atoms with E-state index in [-0.39, 0.29) is 4.77 Å². The number of aromatic nitrogens is 2. The van der Waals surface area contributed by atoms with Gasteiger partial charge in [-0.05, 0) is 43.4 Å². The smallest absolute Gasteiger partial charge is 0.273 e. The summed E-state index contributed by atoms with van der Waals surface area (Å²) < 4.78 is 12.7. The molecule has 0 spiro atoms. The van der Waals surface area contributed by atoms with Crippen LogP contribution in [0.25, 0.3) is 11.4 Å². The van der Waals surface area contributed by atoms with Crippen molar-refractivity contribution in [1.29, 1.82) is 0 Å². The molecule has 0 saturated carbocycles. The molecule has 0 radical (unpaired) electrons. The Morgan fingerprint density at radius 2 is 1.48 bits per heavy atom. The normalized spacial score (nSPS) is 10.5. The second-order valence-electron chi connectivity index (χ2n) is 6.66. The number of ketones is 2. The average Bonchev–Trinajstić information content (AvgIpc) is 2.73. The highest BCUT2D eigenvalue weighted by Crippen LogP contribution is 2.26. The molecule has 160 valence electrons. The first-order valence-corrected chi connectivity index (χ1v) is 9.61. The van der Waals surface area contributed by atoms with Crippen LogP contribution < -0.4 is 15.0 Å². The molecule has 1 heterocycles. The van der Waals surface area contributed by atoms with Gasteiger partial charge in [-0.2, -0.15) is 0 Å². The Morgan fingerprint density at radius 1 is 0.968 bits per heavy atom. The first-order chi connectivity index (χ1) is 14.8. The third kappa shape index (κ3) is 4.26. The minimum atomic E-state index is -0.832. The van der Waals surface area contributed by atoms with Crippen molar-refractivity contribution in [3.63, 3.8) is 0 Å². The third-order valence-corrected chi connectivity index (χ3v) is 4.91. The lowest BCUT2D eigenvalue weighted by Gasteiger charge is -2.18. The van der Waals surface area contributed by atoms with Gasteiger partial charge in [0.2, 0.25) is 5.88 Å². The molecule has 0 aliphatic rings. The van der Waals surface area contributed by atoms with Gasteiger partial charge in [0.05, 0.1) is 32.0 Å². The fourth-order valence-electron chi connectivity index (χ4n) is 3.11. The van der Waals surface area contributed by atoms with Crippen molar-refractivity contribution >= 4 is 23.8 Å². The van der Waals surface area contributed by atoms with Gasteiger partial charge in [-0.1, -0.05) is 12.1 Å². The molecule has 0 aliphatic heterocycles. The number of aromatic hydroxyl groups is 1. The molecule has 0 aliphatic carbocycles. The van der Waals surface area contributed by atoms with Crippen molar-refractivity contribution < 1.29 is 24.2 Å². The first kappa shape index (κ1) is 22.0. The zero-order valence-electron chi connectivity index (χ0n) is 17.1. The highest BCUT2D eigenvalue weighted by atomic mass is 32.1. The lowest BCUT2D eigenvalue weighted by atomic mass is 10.1. The fraction of sp³-hybridized carbons (Fsp3) is 0.182. The van der Waals surface area contributed by atoms with Crippen LogP contribution in [-0.2, 0) is 4.79 Å². The number of hydrogen-bond donors (Lipinski definition) is 1. The zero-order chi connectivity index (χ0) is 22.7. The number of methoxy groups -OCH3 is 2. The maximum absolute atomic E-state index is 13.3. The van der Waals surface area contributed by atoms with E-state index in [9.17, 15) is 19.5 Å². The highest BCUT2D eigenvalue weighted by Gasteiger charge is 2.25. The quantitative estimate of drug-likeness (QED) is 0.342. The Kier molecular flexibility index (Phi) is 6.36. The van der Waals surface area contributed by atoms with Gasteiger partial charge in [-0.3, -0.25) is 23.5 Å². The summed E-state index contributed by atoms with van der Waals surface area (Å²) in [6.45, 7) is 1.23. The number of hydrogen-bond acceptors (Lipinski definition) is 7. The van der Waals surface area contributed by atoms with Gasteiger partial charge in [0.25, 0.3) is 5.56 Å². The van der Waals surface area contributed by atoms with Crippen LogP contribution in [0, 0.1) is 4.77 Å². The summed E-state index contributed by atoms with van der Waals surface area (Å²) >= 11 is 5.53. The molecule has 1 N–H and O–H groups in total. The molecule has 0 unspecified atom stereocenters. The van der Waals surface area contributed by atoms with Crippen molar-refractivity contribution in [2.75, 3.05) is 14.2 Å². The molecule has 9 heteroatoms. The lowest BCUT2D eigenvalue weighted by molar-refractivity contribution is -0.116. The van der Waals surface area contributed by atoms with E-state index in [1.165, 1.54) is 25.7 Å². The Balaban J connectivity index is 2.43. The molecule has 1 aromatic heterocycles. The van der Waals surface area contributed by atoms with Crippen LogP contribution >= 0.6 is 12.2 Å². The first-order valence-electron chi connectivity index (χ1n) is 9.21. The Labute approximate surface area is 182 Å². The van der Waals surface area contributed by atoms with E-state index < -0.39 is 35.0 Å². The molecule has 3 aromatic rings. The number of ether oxygens (including phenoxy) is 2.